The minimum atomic E-state index is -0.431. The lowest BCUT2D eigenvalue weighted by Gasteiger charge is -2.09. The van der Waals surface area contributed by atoms with Gasteiger partial charge in [0.05, 0.1) is 16.5 Å². The summed E-state index contributed by atoms with van der Waals surface area (Å²) in [4.78, 5) is 24.0. The average molecular weight is 310 g/mol. The number of ketones is 1. The molecule has 1 aromatic heterocycles. The van der Waals surface area contributed by atoms with Gasteiger partial charge in [-0.05, 0) is 24.6 Å². The number of hydrogen-bond donors (Lipinski definition) is 1. The number of Topliss-reactive ketones (excluding diaryl/α,β-unsaturated/α-hetero) is 1. The lowest BCUT2D eigenvalue weighted by atomic mass is 10.2. The molecule has 0 saturated carbocycles. The summed E-state index contributed by atoms with van der Waals surface area (Å²) < 4.78 is 4.78. The van der Waals surface area contributed by atoms with Gasteiger partial charge in [-0.25, -0.2) is 0 Å². The van der Waals surface area contributed by atoms with Crippen LogP contribution in [-0.4, -0.2) is 31.2 Å². The Morgan fingerprint density at radius 1 is 1.55 bits per heavy atom. The summed E-state index contributed by atoms with van der Waals surface area (Å²) in [7, 11) is 0. The van der Waals surface area contributed by atoms with Gasteiger partial charge < -0.3 is 10.1 Å². The van der Waals surface area contributed by atoms with Gasteiger partial charge in [-0.2, -0.15) is 5.26 Å². The van der Waals surface area contributed by atoms with E-state index in [2.05, 4.69) is 5.32 Å². The Labute approximate surface area is 125 Å². The maximum Gasteiger partial charge on any atom is 0.325 e. The third-order valence-corrected chi connectivity index (χ3v) is 3.84. The highest BCUT2D eigenvalue weighted by atomic mass is 32.2. The van der Waals surface area contributed by atoms with Crippen LogP contribution in [0.2, 0.25) is 0 Å². The van der Waals surface area contributed by atoms with Crippen LogP contribution in [0.25, 0.3) is 0 Å². The molecule has 0 aliphatic rings. The molecule has 1 N–H and O–H groups in total. The molecule has 1 aromatic rings. The highest BCUT2D eigenvalue weighted by molar-refractivity contribution is 8.02. The Bertz CT molecular complexity index is 544. The molecule has 0 saturated heterocycles. The predicted octanol–water partition coefficient (Wildman–Crippen LogP) is 2.18. The molecule has 0 bridgehead atoms. The summed E-state index contributed by atoms with van der Waals surface area (Å²) in [5.41, 5.74) is 0.00393. The fourth-order valence-electron chi connectivity index (χ4n) is 1.36. The van der Waals surface area contributed by atoms with E-state index in [0.29, 0.717) is 9.91 Å². The maximum absolute atomic E-state index is 12.2. The fourth-order valence-corrected chi connectivity index (χ4v) is 2.59. The zero-order chi connectivity index (χ0) is 15.0. The first-order valence-corrected chi connectivity index (χ1v) is 7.90. The number of nitrogens with one attached hydrogen (secondary N) is 1. The second-order valence-electron chi connectivity index (χ2n) is 3.49. The number of hydrogen-bond acceptors (Lipinski definition) is 7. The Hall–Kier alpha value is -1.78. The predicted molar refractivity (Wildman–Crippen MR) is 79.4 cm³/mol. The van der Waals surface area contributed by atoms with Gasteiger partial charge in [0.25, 0.3) is 0 Å². The number of carbonyl (C=O) groups excluding carboxylic acids is 2. The van der Waals surface area contributed by atoms with Gasteiger partial charge in [-0.1, -0.05) is 6.07 Å². The molecule has 0 fully saturated rings. The Kier molecular flexibility index (Phi) is 6.84. The summed E-state index contributed by atoms with van der Waals surface area (Å²) in [6.45, 7) is 1.93. The summed E-state index contributed by atoms with van der Waals surface area (Å²) in [6, 6.07) is 5.31. The van der Waals surface area contributed by atoms with E-state index in [1.807, 2.05) is 6.07 Å². The van der Waals surface area contributed by atoms with Gasteiger partial charge in [0.15, 0.2) is 0 Å². The van der Waals surface area contributed by atoms with E-state index in [1.54, 1.807) is 30.7 Å². The topological polar surface area (TPSA) is 79.2 Å². The lowest BCUT2D eigenvalue weighted by molar-refractivity contribution is -0.141. The molecule has 0 amide bonds. The molecule has 1 heterocycles. The van der Waals surface area contributed by atoms with Crippen LogP contribution in [0.1, 0.15) is 16.6 Å². The van der Waals surface area contributed by atoms with Crippen molar-refractivity contribution in [2.24, 2.45) is 0 Å². The zero-order valence-electron chi connectivity index (χ0n) is 11.1. The minimum absolute atomic E-state index is 0.00393. The maximum atomic E-state index is 12.2. The number of carbonyl (C=O) groups is 2. The second kappa shape index (κ2) is 8.40. The SMILES string of the molecule is CCOC(=O)CNC(SC)=C(C#N)C(=O)c1cccs1. The summed E-state index contributed by atoms with van der Waals surface area (Å²) >= 11 is 2.48. The first-order chi connectivity index (χ1) is 9.63. The van der Waals surface area contributed by atoms with Crippen molar-refractivity contribution in [2.75, 3.05) is 19.4 Å². The molecule has 7 heteroatoms. The number of thiophene rings is 1. The highest BCUT2D eigenvalue weighted by Crippen LogP contribution is 2.20. The Morgan fingerprint density at radius 3 is 2.80 bits per heavy atom. The second-order valence-corrected chi connectivity index (χ2v) is 5.25. The first-order valence-electron chi connectivity index (χ1n) is 5.80. The largest absolute Gasteiger partial charge is 0.465 e. The first kappa shape index (κ1) is 16.3. The zero-order valence-corrected chi connectivity index (χ0v) is 12.8. The molecule has 0 aromatic carbocycles. The van der Waals surface area contributed by atoms with Gasteiger partial charge in [0, 0.05) is 0 Å². The van der Waals surface area contributed by atoms with Crippen molar-refractivity contribution in [1.29, 1.82) is 5.26 Å². The van der Waals surface area contributed by atoms with Crippen molar-refractivity contribution in [3.8, 4) is 6.07 Å². The molecule has 20 heavy (non-hydrogen) atoms. The molecule has 0 aliphatic carbocycles. The molecule has 0 aliphatic heterocycles. The number of esters is 1. The van der Waals surface area contributed by atoms with E-state index in [-0.39, 0.29) is 24.5 Å². The standard InChI is InChI=1S/C13H14N2O3S2/c1-3-18-11(16)8-15-13(19-2)9(7-14)12(17)10-5-4-6-20-10/h4-6,15H,3,8H2,1-2H3. The van der Waals surface area contributed by atoms with Crippen LogP contribution < -0.4 is 5.32 Å². The molecule has 0 atom stereocenters. The third kappa shape index (κ3) is 4.40. The number of nitriles is 1. The van der Waals surface area contributed by atoms with Gasteiger partial charge in [-0.15, -0.1) is 23.1 Å². The van der Waals surface area contributed by atoms with Crippen LogP contribution in [0.5, 0.6) is 0 Å². The van der Waals surface area contributed by atoms with Crippen LogP contribution in [0.4, 0.5) is 0 Å². The molecule has 0 spiro atoms. The summed E-state index contributed by atoms with van der Waals surface area (Å²) in [5.74, 6) is -0.775. The molecule has 5 nitrogen and oxygen atoms in total. The third-order valence-electron chi connectivity index (χ3n) is 2.21. The number of rotatable bonds is 7. The van der Waals surface area contributed by atoms with E-state index in [9.17, 15) is 14.9 Å². The quantitative estimate of drug-likeness (QED) is 0.360. The van der Waals surface area contributed by atoms with Crippen LogP contribution >= 0.6 is 23.1 Å². The number of allylic oxidation sites excluding steroid dienone is 1. The van der Waals surface area contributed by atoms with Gasteiger partial charge >= 0.3 is 5.97 Å². The molecular formula is C13H14N2O3S2. The van der Waals surface area contributed by atoms with Crippen molar-refractivity contribution in [3.63, 3.8) is 0 Å². The van der Waals surface area contributed by atoms with Gasteiger partial charge in [-0.3, -0.25) is 9.59 Å². The van der Waals surface area contributed by atoms with Crippen molar-refractivity contribution >= 4 is 34.9 Å². The average Bonchev–Trinajstić information content (AvgIpc) is 2.97. The molecular weight excluding hydrogens is 296 g/mol. The van der Waals surface area contributed by atoms with Gasteiger partial charge in [0.2, 0.25) is 5.78 Å². The Morgan fingerprint density at radius 2 is 2.30 bits per heavy atom. The molecule has 1 rings (SSSR count). The van der Waals surface area contributed by atoms with Crippen molar-refractivity contribution in [2.45, 2.75) is 6.92 Å². The summed E-state index contributed by atoms with van der Waals surface area (Å²) in [6.07, 6.45) is 1.73. The van der Waals surface area contributed by atoms with Crippen LogP contribution in [-0.2, 0) is 9.53 Å². The van der Waals surface area contributed by atoms with Crippen LogP contribution in [0.3, 0.4) is 0 Å². The highest BCUT2D eigenvalue weighted by Gasteiger charge is 2.18. The fraction of sp³-hybridized carbons (Fsp3) is 0.308. The monoisotopic (exact) mass is 310 g/mol. The van der Waals surface area contributed by atoms with Gasteiger partial charge in [0.1, 0.15) is 18.2 Å². The summed E-state index contributed by atoms with van der Waals surface area (Å²) in [5, 5.41) is 14.1. The number of ether oxygens (including phenoxy) is 1. The normalized spacial score (nSPS) is 11.2. The van der Waals surface area contributed by atoms with Crippen molar-refractivity contribution < 1.29 is 14.3 Å². The Balaban J connectivity index is 2.88. The van der Waals surface area contributed by atoms with E-state index in [4.69, 9.17) is 4.74 Å². The van der Waals surface area contributed by atoms with Crippen molar-refractivity contribution in [3.05, 3.63) is 33.0 Å². The minimum Gasteiger partial charge on any atom is -0.465 e. The molecule has 106 valence electrons. The van der Waals surface area contributed by atoms with Crippen LogP contribution in [0.15, 0.2) is 28.1 Å². The number of nitrogens with zero attached hydrogens (tertiary/aromatic N) is 1. The lowest BCUT2D eigenvalue weighted by Crippen LogP contribution is -2.25. The molecule has 0 radical (unpaired) electrons. The van der Waals surface area contributed by atoms with E-state index >= 15 is 0 Å². The molecule has 0 unspecified atom stereocenters. The number of thioether (sulfide) groups is 1. The van der Waals surface area contributed by atoms with Crippen molar-refractivity contribution in [1.82, 2.24) is 5.32 Å². The van der Waals surface area contributed by atoms with E-state index < -0.39 is 5.97 Å². The van der Waals surface area contributed by atoms with Crippen LogP contribution in [0, 0.1) is 11.3 Å². The van der Waals surface area contributed by atoms with E-state index in [1.165, 1.54) is 23.1 Å². The smallest absolute Gasteiger partial charge is 0.325 e. The van der Waals surface area contributed by atoms with E-state index in [0.717, 1.165) is 0 Å².